The van der Waals surface area contributed by atoms with Crippen molar-refractivity contribution in [3.8, 4) is 6.07 Å². The van der Waals surface area contributed by atoms with Crippen molar-refractivity contribution < 1.29 is 5.11 Å². The van der Waals surface area contributed by atoms with E-state index < -0.39 is 0 Å². The molecule has 124 valence electrons. The van der Waals surface area contributed by atoms with Gasteiger partial charge in [0.05, 0.1) is 24.3 Å². The first-order valence-electron chi connectivity index (χ1n) is 8.11. The van der Waals surface area contributed by atoms with E-state index in [0.29, 0.717) is 12.1 Å². The number of hydrogen-bond acceptors (Lipinski definition) is 6. The van der Waals surface area contributed by atoms with E-state index in [1.807, 2.05) is 36.2 Å². The molecule has 2 heterocycles. The molecule has 1 aromatic heterocycles. The maximum Gasteiger partial charge on any atom is 0.134 e. The van der Waals surface area contributed by atoms with E-state index in [2.05, 4.69) is 20.9 Å². The minimum atomic E-state index is 0.144. The number of benzene rings is 1. The summed E-state index contributed by atoms with van der Waals surface area (Å²) >= 11 is 0. The predicted octanol–water partition coefficient (Wildman–Crippen LogP) is 1.95. The fourth-order valence-electron chi connectivity index (χ4n) is 3.12. The van der Waals surface area contributed by atoms with Crippen molar-refractivity contribution >= 4 is 11.6 Å². The van der Waals surface area contributed by atoms with Gasteiger partial charge < -0.3 is 14.9 Å². The second-order valence-corrected chi connectivity index (χ2v) is 6.07. The molecule has 1 aliphatic heterocycles. The Bertz CT molecular complexity index is 742. The molecule has 0 aliphatic carbocycles. The molecule has 6 heteroatoms. The Balaban J connectivity index is 1.77. The molecule has 3 rings (SSSR count). The van der Waals surface area contributed by atoms with Gasteiger partial charge in [0.15, 0.2) is 0 Å². The van der Waals surface area contributed by atoms with Crippen LogP contribution in [-0.2, 0) is 6.54 Å². The van der Waals surface area contributed by atoms with Crippen LogP contribution in [0, 0.1) is 11.3 Å². The van der Waals surface area contributed by atoms with Gasteiger partial charge in [-0.1, -0.05) is 12.1 Å². The first-order valence-corrected chi connectivity index (χ1v) is 8.11. The molecule has 0 bridgehead atoms. The van der Waals surface area contributed by atoms with Gasteiger partial charge in [-0.05, 0) is 30.5 Å². The molecule has 6 nitrogen and oxygen atoms in total. The summed E-state index contributed by atoms with van der Waals surface area (Å²) < 4.78 is 0. The van der Waals surface area contributed by atoms with Gasteiger partial charge in [0.25, 0.3) is 0 Å². The van der Waals surface area contributed by atoms with Gasteiger partial charge in [-0.3, -0.25) is 0 Å². The zero-order valence-electron chi connectivity index (χ0n) is 13.8. The zero-order valence-corrected chi connectivity index (χ0v) is 13.8. The van der Waals surface area contributed by atoms with E-state index >= 15 is 0 Å². The largest absolute Gasteiger partial charge is 0.394 e. The highest BCUT2D eigenvalue weighted by atomic mass is 16.3. The van der Waals surface area contributed by atoms with Crippen LogP contribution in [0.15, 0.2) is 36.7 Å². The van der Waals surface area contributed by atoms with Crippen LogP contribution < -0.4 is 9.80 Å². The topological polar surface area (TPSA) is 76.3 Å². The Labute approximate surface area is 142 Å². The molecule has 2 aromatic rings. The van der Waals surface area contributed by atoms with Crippen molar-refractivity contribution in [2.45, 2.75) is 25.4 Å². The fourth-order valence-corrected chi connectivity index (χ4v) is 3.12. The highest BCUT2D eigenvalue weighted by molar-refractivity contribution is 5.51. The van der Waals surface area contributed by atoms with Crippen LogP contribution in [0.3, 0.4) is 0 Å². The van der Waals surface area contributed by atoms with Crippen molar-refractivity contribution in [1.82, 2.24) is 9.97 Å². The van der Waals surface area contributed by atoms with Crippen LogP contribution in [0.1, 0.15) is 24.0 Å². The molecule has 1 aliphatic rings. The van der Waals surface area contributed by atoms with Crippen LogP contribution in [0.25, 0.3) is 0 Å². The third kappa shape index (κ3) is 3.47. The van der Waals surface area contributed by atoms with E-state index in [1.165, 1.54) is 0 Å². The summed E-state index contributed by atoms with van der Waals surface area (Å²) in [6.07, 6.45) is 3.63. The lowest BCUT2D eigenvalue weighted by Crippen LogP contribution is -2.33. The third-order valence-electron chi connectivity index (χ3n) is 4.39. The Kier molecular flexibility index (Phi) is 4.92. The highest BCUT2D eigenvalue weighted by Crippen LogP contribution is 2.25. The number of aliphatic hydroxyl groups is 1. The van der Waals surface area contributed by atoms with E-state index in [-0.39, 0.29) is 12.6 Å². The number of aromatic nitrogens is 2. The monoisotopic (exact) mass is 323 g/mol. The zero-order chi connectivity index (χ0) is 16.9. The number of nitriles is 1. The molecule has 0 amide bonds. The SMILES string of the molecule is CN(Cc1cccc(C#N)c1)c1cc(N2CCCC2CO)ncn1. The summed E-state index contributed by atoms with van der Waals surface area (Å²) in [4.78, 5) is 12.9. The first kappa shape index (κ1) is 16.2. The van der Waals surface area contributed by atoms with Gasteiger partial charge in [0, 0.05) is 26.2 Å². The maximum atomic E-state index is 9.50. The van der Waals surface area contributed by atoms with Gasteiger partial charge >= 0.3 is 0 Å². The molecule has 1 fully saturated rings. The molecule has 1 aromatic carbocycles. The lowest BCUT2D eigenvalue weighted by molar-refractivity contribution is 0.266. The Morgan fingerprint density at radius 3 is 3.04 bits per heavy atom. The van der Waals surface area contributed by atoms with Gasteiger partial charge in [-0.25, -0.2) is 9.97 Å². The molecule has 24 heavy (non-hydrogen) atoms. The summed E-state index contributed by atoms with van der Waals surface area (Å²) in [7, 11) is 1.97. The van der Waals surface area contributed by atoms with Crippen LogP contribution in [-0.4, -0.2) is 41.3 Å². The maximum absolute atomic E-state index is 9.50. The molecular formula is C18H21N5O. The quantitative estimate of drug-likeness (QED) is 0.906. The molecule has 0 spiro atoms. The summed E-state index contributed by atoms with van der Waals surface area (Å²) in [6, 6.07) is 11.9. The molecule has 1 atom stereocenters. The van der Waals surface area contributed by atoms with Gasteiger partial charge in [0.1, 0.15) is 18.0 Å². The van der Waals surface area contributed by atoms with Crippen molar-refractivity contribution in [2.24, 2.45) is 0 Å². The summed E-state index contributed by atoms with van der Waals surface area (Å²) in [6.45, 7) is 1.72. The number of aliphatic hydroxyl groups excluding tert-OH is 1. The Morgan fingerprint density at radius 2 is 2.25 bits per heavy atom. The van der Waals surface area contributed by atoms with Gasteiger partial charge in [-0.2, -0.15) is 5.26 Å². The van der Waals surface area contributed by atoms with Crippen LogP contribution in [0.2, 0.25) is 0 Å². The minimum Gasteiger partial charge on any atom is -0.394 e. The van der Waals surface area contributed by atoms with Crippen LogP contribution in [0.4, 0.5) is 11.6 Å². The lowest BCUT2D eigenvalue weighted by atomic mass is 10.1. The van der Waals surface area contributed by atoms with E-state index in [4.69, 9.17) is 5.26 Å². The molecule has 0 radical (unpaired) electrons. The third-order valence-corrected chi connectivity index (χ3v) is 4.39. The number of hydrogen-bond donors (Lipinski definition) is 1. The Morgan fingerprint density at radius 1 is 1.38 bits per heavy atom. The van der Waals surface area contributed by atoms with Gasteiger partial charge in [-0.15, -0.1) is 0 Å². The van der Waals surface area contributed by atoms with E-state index in [1.54, 1.807) is 12.4 Å². The van der Waals surface area contributed by atoms with E-state index in [9.17, 15) is 5.11 Å². The van der Waals surface area contributed by atoms with Crippen LogP contribution in [0.5, 0.6) is 0 Å². The van der Waals surface area contributed by atoms with Crippen LogP contribution >= 0.6 is 0 Å². The summed E-state index contributed by atoms with van der Waals surface area (Å²) in [5.41, 5.74) is 1.72. The second kappa shape index (κ2) is 7.28. The normalized spacial score (nSPS) is 16.9. The minimum absolute atomic E-state index is 0.144. The highest BCUT2D eigenvalue weighted by Gasteiger charge is 2.25. The van der Waals surface area contributed by atoms with Crippen molar-refractivity contribution in [3.05, 3.63) is 47.8 Å². The fraction of sp³-hybridized carbons (Fsp3) is 0.389. The standard InChI is InChI=1S/C18H21N5O/c1-22(11-15-5-2-4-14(8-15)10-19)17-9-18(21-13-20-17)23-7-3-6-16(23)12-24/h2,4-5,8-9,13,16,24H,3,6-7,11-12H2,1H3. The smallest absolute Gasteiger partial charge is 0.134 e. The van der Waals surface area contributed by atoms with Crippen molar-refractivity contribution in [1.29, 1.82) is 5.26 Å². The number of nitrogens with zero attached hydrogens (tertiary/aromatic N) is 5. The average Bonchev–Trinajstić information content (AvgIpc) is 3.10. The molecule has 0 saturated carbocycles. The molecule has 1 saturated heterocycles. The van der Waals surface area contributed by atoms with Crippen molar-refractivity contribution in [2.75, 3.05) is 30.0 Å². The summed E-state index contributed by atoms with van der Waals surface area (Å²) in [5, 5.41) is 18.5. The second-order valence-electron chi connectivity index (χ2n) is 6.07. The Hall–Kier alpha value is -2.65. The first-order chi connectivity index (χ1) is 11.7. The van der Waals surface area contributed by atoms with E-state index in [0.717, 1.165) is 36.6 Å². The lowest BCUT2D eigenvalue weighted by Gasteiger charge is -2.25. The summed E-state index contributed by atoms with van der Waals surface area (Å²) in [5.74, 6) is 1.68. The molecule has 1 N–H and O–H groups in total. The average molecular weight is 323 g/mol. The molecular weight excluding hydrogens is 302 g/mol. The number of anilines is 2. The predicted molar refractivity (Wildman–Crippen MR) is 92.7 cm³/mol. The van der Waals surface area contributed by atoms with Crippen molar-refractivity contribution in [3.63, 3.8) is 0 Å². The molecule has 1 unspecified atom stereocenters. The van der Waals surface area contributed by atoms with Gasteiger partial charge in [0.2, 0.25) is 0 Å². The number of rotatable bonds is 5.